The molecule has 0 spiro atoms. The third-order valence-electron chi connectivity index (χ3n) is 2.60. The van der Waals surface area contributed by atoms with Gasteiger partial charge in [0, 0.05) is 17.5 Å². The van der Waals surface area contributed by atoms with Gasteiger partial charge in [0.2, 0.25) is 0 Å². The molecule has 0 saturated carbocycles. The van der Waals surface area contributed by atoms with E-state index in [9.17, 15) is 8.78 Å². The Bertz CT molecular complexity index is 349. The number of nitrogens with two attached hydrogens (primary N) is 1. The van der Waals surface area contributed by atoms with Crippen molar-refractivity contribution in [3.8, 4) is 0 Å². The molecule has 3 heteroatoms. The lowest BCUT2D eigenvalue weighted by atomic mass is 9.94. The van der Waals surface area contributed by atoms with Crippen LogP contribution < -0.4 is 5.73 Å². The normalized spacial score (nSPS) is 12.8. The van der Waals surface area contributed by atoms with E-state index in [-0.39, 0.29) is 17.5 Å². The first kappa shape index (κ1) is 14.1. The van der Waals surface area contributed by atoms with Gasteiger partial charge in [-0.1, -0.05) is 37.6 Å². The van der Waals surface area contributed by atoms with Crippen LogP contribution in [0.4, 0.5) is 8.78 Å². The quantitative estimate of drug-likeness (QED) is 0.832. The average molecular weight is 241 g/mol. The lowest BCUT2D eigenvalue weighted by molar-refractivity contribution is -0.0140. The molecule has 0 amide bonds. The van der Waals surface area contributed by atoms with Gasteiger partial charge >= 0.3 is 0 Å². The zero-order valence-corrected chi connectivity index (χ0v) is 10.8. The van der Waals surface area contributed by atoms with Gasteiger partial charge in [-0.05, 0) is 25.8 Å². The molecule has 1 nitrogen and oxygen atoms in total. The summed E-state index contributed by atoms with van der Waals surface area (Å²) in [4.78, 5) is 0. The van der Waals surface area contributed by atoms with Crippen molar-refractivity contribution < 1.29 is 8.78 Å². The first-order valence-electron chi connectivity index (χ1n) is 6.01. The molecule has 1 aromatic rings. The van der Waals surface area contributed by atoms with Gasteiger partial charge in [0.1, 0.15) is 0 Å². The second kappa shape index (κ2) is 5.13. The number of benzene rings is 1. The predicted octanol–water partition coefficient (Wildman–Crippen LogP) is 3.86. The Balaban J connectivity index is 2.81. The minimum absolute atomic E-state index is 0.0953. The van der Waals surface area contributed by atoms with Crippen LogP contribution in [-0.2, 0) is 12.3 Å². The molecule has 96 valence electrons. The topological polar surface area (TPSA) is 26.0 Å². The van der Waals surface area contributed by atoms with E-state index >= 15 is 0 Å². The molecular formula is C14H21F2N. The highest BCUT2D eigenvalue weighted by molar-refractivity contribution is 5.26. The van der Waals surface area contributed by atoms with Crippen LogP contribution in [0.1, 0.15) is 44.7 Å². The van der Waals surface area contributed by atoms with Crippen LogP contribution in [0, 0.1) is 0 Å². The Morgan fingerprint density at radius 2 is 1.65 bits per heavy atom. The van der Waals surface area contributed by atoms with Gasteiger partial charge in [0.05, 0.1) is 0 Å². The molecule has 0 atom stereocenters. The standard InChI is InChI=1S/C14H21F2N/c1-4-9-14(15,16)12-7-5-11(6-8-12)10-13(2,3)17/h5-8H,4,9-10,17H2,1-3H3. The van der Waals surface area contributed by atoms with Gasteiger partial charge in [-0.3, -0.25) is 0 Å². The summed E-state index contributed by atoms with van der Waals surface area (Å²) in [6.45, 7) is 5.61. The van der Waals surface area contributed by atoms with Gasteiger partial charge in [-0.2, -0.15) is 0 Å². The third-order valence-corrected chi connectivity index (χ3v) is 2.60. The molecule has 0 aliphatic heterocycles. The molecule has 0 saturated heterocycles. The summed E-state index contributed by atoms with van der Waals surface area (Å²) in [5, 5.41) is 0. The molecule has 0 aromatic heterocycles. The molecule has 0 aliphatic rings. The van der Waals surface area contributed by atoms with Crippen LogP contribution in [0.25, 0.3) is 0 Å². The Morgan fingerprint density at radius 3 is 2.06 bits per heavy atom. The molecule has 0 heterocycles. The maximum atomic E-state index is 13.6. The molecule has 1 rings (SSSR count). The largest absolute Gasteiger partial charge is 0.325 e. The van der Waals surface area contributed by atoms with E-state index in [1.165, 1.54) is 12.1 Å². The van der Waals surface area contributed by atoms with E-state index in [0.717, 1.165) is 5.56 Å². The Hall–Kier alpha value is -0.960. The fraction of sp³-hybridized carbons (Fsp3) is 0.571. The van der Waals surface area contributed by atoms with Gasteiger partial charge in [0.15, 0.2) is 0 Å². The van der Waals surface area contributed by atoms with Crippen molar-refractivity contribution in [1.29, 1.82) is 0 Å². The van der Waals surface area contributed by atoms with Crippen molar-refractivity contribution in [1.82, 2.24) is 0 Å². The maximum Gasteiger partial charge on any atom is 0.273 e. The van der Waals surface area contributed by atoms with Crippen molar-refractivity contribution in [3.63, 3.8) is 0 Å². The Labute approximate surface area is 102 Å². The van der Waals surface area contributed by atoms with Crippen molar-refractivity contribution in [2.24, 2.45) is 5.73 Å². The highest BCUT2D eigenvalue weighted by Crippen LogP contribution is 2.32. The second-order valence-corrected chi connectivity index (χ2v) is 5.32. The lowest BCUT2D eigenvalue weighted by Crippen LogP contribution is -2.34. The van der Waals surface area contributed by atoms with E-state index in [2.05, 4.69) is 0 Å². The number of hydrogen-bond acceptors (Lipinski definition) is 1. The van der Waals surface area contributed by atoms with Gasteiger partial charge in [-0.15, -0.1) is 0 Å². The van der Waals surface area contributed by atoms with Crippen LogP contribution in [0.2, 0.25) is 0 Å². The summed E-state index contributed by atoms with van der Waals surface area (Å²) < 4.78 is 27.2. The Morgan fingerprint density at radius 1 is 1.12 bits per heavy atom. The van der Waals surface area contributed by atoms with Gasteiger partial charge in [-0.25, -0.2) is 8.78 Å². The smallest absolute Gasteiger partial charge is 0.273 e. The average Bonchev–Trinajstić information content (AvgIpc) is 2.15. The SMILES string of the molecule is CCCC(F)(F)c1ccc(CC(C)(C)N)cc1. The maximum absolute atomic E-state index is 13.6. The van der Waals surface area contributed by atoms with Crippen molar-refractivity contribution in [3.05, 3.63) is 35.4 Å². The van der Waals surface area contributed by atoms with Gasteiger partial charge in [0.25, 0.3) is 5.92 Å². The molecule has 1 aromatic carbocycles. The third kappa shape index (κ3) is 4.43. The van der Waals surface area contributed by atoms with Crippen molar-refractivity contribution in [2.75, 3.05) is 0 Å². The van der Waals surface area contributed by atoms with Crippen molar-refractivity contribution in [2.45, 2.75) is 51.5 Å². The Kier molecular flexibility index (Phi) is 4.26. The summed E-state index contributed by atoms with van der Waals surface area (Å²) in [6.07, 6.45) is 1.06. The first-order chi connectivity index (χ1) is 7.74. The summed E-state index contributed by atoms with van der Waals surface area (Å²) in [6, 6.07) is 6.51. The molecular weight excluding hydrogens is 220 g/mol. The van der Waals surface area contributed by atoms with E-state index in [1.807, 2.05) is 13.8 Å². The van der Waals surface area contributed by atoms with Gasteiger partial charge < -0.3 is 5.73 Å². The van der Waals surface area contributed by atoms with Crippen LogP contribution >= 0.6 is 0 Å². The van der Waals surface area contributed by atoms with Crippen LogP contribution in [0.5, 0.6) is 0 Å². The zero-order valence-electron chi connectivity index (χ0n) is 10.8. The highest BCUT2D eigenvalue weighted by atomic mass is 19.3. The van der Waals surface area contributed by atoms with E-state index < -0.39 is 5.92 Å². The van der Waals surface area contributed by atoms with Crippen LogP contribution in [0.15, 0.2) is 24.3 Å². The minimum atomic E-state index is -2.72. The summed E-state index contributed by atoms with van der Waals surface area (Å²) in [7, 11) is 0. The van der Waals surface area contributed by atoms with E-state index in [0.29, 0.717) is 12.8 Å². The summed E-state index contributed by atoms with van der Waals surface area (Å²) >= 11 is 0. The van der Waals surface area contributed by atoms with E-state index in [4.69, 9.17) is 5.73 Å². The fourth-order valence-electron chi connectivity index (χ4n) is 1.85. The number of rotatable bonds is 5. The molecule has 0 fully saturated rings. The van der Waals surface area contributed by atoms with E-state index in [1.54, 1.807) is 19.1 Å². The molecule has 17 heavy (non-hydrogen) atoms. The monoisotopic (exact) mass is 241 g/mol. The van der Waals surface area contributed by atoms with Crippen LogP contribution in [0.3, 0.4) is 0 Å². The molecule has 0 bridgehead atoms. The minimum Gasteiger partial charge on any atom is -0.325 e. The lowest BCUT2D eigenvalue weighted by Gasteiger charge is -2.20. The molecule has 0 unspecified atom stereocenters. The number of hydrogen-bond donors (Lipinski definition) is 1. The number of halogens is 2. The fourth-order valence-corrected chi connectivity index (χ4v) is 1.85. The highest BCUT2D eigenvalue weighted by Gasteiger charge is 2.29. The van der Waals surface area contributed by atoms with Crippen molar-refractivity contribution >= 4 is 0 Å². The van der Waals surface area contributed by atoms with Crippen LogP contribution in [-0.4, -0.2) is 5.54 Å². The molecule has 0 aliphatic carbocycles. The predicted molar refractivity (Wildman–Crippen MR) is 67.2 cm³/mol. The first-order valence-corrected chi connectivity index (χ1v) is 6.01. The zero-order chi connectivity index (χ0) is 13.1. The molecule has 2 N–H and O–H groups in total. The summed E-state index contributed by atoms with van der Waals surface area (Å²) in [5.41, 5.74) is 6.67. The second-order valence-electron chi connectivity index (χ2n) is 5.32. The summed E-state index contributed by atoms with van der Waals surface area (Å²) in [5.74, 6) is -2.72. The molecule has 0 radical (unpaired) electrons. The number of alkyl halides is 2.